The van der Waals surface area contributed by atoms with Gasteiger partial charge in [0.1, 0.15) is 0 Å². The van der Waals surface area contributed by atoms with Crippen LogP contribution in [0.3, 0.4) is 0 Å². The van der Waals surface area contributed by atoms with Gasteiger partial charge in [0.25, 0.3) is 0 Å². The van der Waals surface area contributed by atoms with Crippen LogP contribution < -0.4 is 0 Å². The van der Waals surface area contributed by atoms with Crippen LogP contribution in [0.1, 0.15) is 26.7 Å². The van der Waals surface area contributed by atoms with Crippen LogP contribution >= 0.6 is 0 Å². The molecule has 1 aliphatic heterocycles. The van der Waals surface area contributed by atoms with Crippen molar-refractivity contribution in [3.8, 4) is 6.07 Å². The highest BCUT2D eigenvalue weighted by atomic mass is 19.4. The summed E-state index contributed by atoms with van der Waals surface area (Å²) in [5, 5.41) is 8.90. The van der Waals surface area contributed by atoms with Crippen molar-refractivity contribution < 1.29 is 13.2 Å². The number of piperazine rings is 1. The number of hydrogen-bond donors (Lipinski definition) is 0. The van der Waals surface area contributed by atoms with E-state index in [-0.39, 0.29) is 5.41 Å². The van der Waals surface area contributed by atoms with Crippen molar-refractivity contribution in [1.29, 1.82) is 5.26 Å². The van der Waals surface area contributed by atoms with E-state index in [1.54, 1.807) is 0 Å². The van der Waals surface area contributed by atoms with Crippen molar-refractivity contribution in [2.45, 2.75) is 32.9 Å². The fourth-order valence-electron chi connectivity index (χ4n) is 2.23. The topological polar surface area (TPSA) is 30.3 Å². The molecule has 0 spiro atoms. The Morgan fingerprint density at radius 2 is 1.58 bits per heavy atom. The summed E-state index contributed by atoms with van der Waals surface area (Å²) in [7, 11) is 0. The molecule has 0 bridgehead atoms. The van der Waals surface area contributed by atoms with E-state index in [1.807, 2.05) is 13.8 Å². The van der Waals surface area contributed by atoms with Gasteiger partial charge in [-0.15, -0.1) is 0 Å². The number of alkyl halides is 3. The zero-order valence-corrected chi connectivity index (χ0v) is 11.6. The first-order valence-electron chi connectivity index (χ1n) is 6.65. The van der Waals surface area contributed by atoms with Crippen molar-refractivity contribution >= 4 is 0 Å². The number of nitriles is 1. The predicted octanol–water partition coefficient (Wildman–Crippen LogP) is 2.50. The minimum absolute atomic E-state index is 0.307. The van der Waals surface area contributed by atoms with Gasteiger partial charge in [-0.05, 0) is 33.2 Å². The summed E-state index contributed by atoms with van der Waals surface area (Å²) in [5.74, 6) is 0. The molecule has 0 aromatic rings. The molecule has 0 unspecified atom stereocenters. The molecule has 1 aliphatic rings. The maximum atomic E-state index is 12.2. The van der Waals surface area contributed by atoms with Crippen molar-refractivity contribution in [3.63, 3.8) is 0 Å². The molecule has 1 heterocycles. The van der Waals surface area contributed by atoms with Crippen LogP contribution in [0.15, 0.2) is 0 Å². The monoisotopic (exact) mass is 277 g/mol. The third kappa shape index (κ3) is 6.79. The predicted molar refractivity (Wildman–Crippen MR) is 67.6 cm³/mol. The van der Waals surface area contributed by atoms with Crippen LogP contribution in [0.4, 0.5) is 13.2 Å². The van der Waals surface area contributed by atoms with Gasteiger partial charge in [0.05, 0.1) is 18.0 Å². The van der Waals surface area contributed by atoms with Crippen molar-refractivity contribution in [3.05, 3.63) is 0 Å². The van der Waals surface area contributed by atoms with Crippen molar-refractivity contribution in [1.82, 2.24) is 9.80 Å². The Kier molecular flexibility index (Phi) is 5.63. The first-order chi connectivity index (χ1) is 8.72. The highest BCUT2D eigenvalue weighted by Crippen LogP contribution is 2.21. The SMILES string of the molecule is CC(C)(C#N)CCCN1CCN(CC(F)(F)F)CC1. The quantitative estimate of drug-likeness (QED) is 0.773. The van der Waals surface area contributed by atoms with Gasteiger partial charge in [0, 0.05) is 26.2 Å². The van der Waals surface area contributed by atoms with Gasteiger partial charge in [-0.3, -0.25) is 4.90 Å². The summed E-state index contributed by atoms with van der Waals surface area (Å²) in [5.41, 5.74) is -0.307. The Balaban J connectivity index is 2.19. The van der Waals surface area contributed by atoms with Crippen molar-refractivity contribution in [2.75, 3.05) is 39.3 Å². The summed E-state index contributed by atoms with van der Waals surface area (Å²) in [6.45, 7) is 6.20. The van der Waals surface area contributed by atoms with E-state index in [1.165, 1.54) is 4.90 Å². The summed E-state index contributed by atoms with van der Waals surface area (Å²) < 4.78 is 36.7. The van der Waals surface area contributed by atoms with E-state index in [0.717, 1.165) is 19.4 Å². The van der Waals surface area contributed by atoms with Crippen LogP contribution in [0.25, 0.3) is 0 Å². The normalized spacial score (nSPS) is 19.4. The van der Waals surface area contributed by atoms with Gasteiger partial charge in [-0.25, -0.2) is 0 Å². The lowest BCUT2D eigenvalue weighted by Gasteiger charge is -2.35. The maximum absolute atomic E-state index is 12.2. The Morgan fingerprint density at radius 1 is 1.05 bits per heavy atom. The largest absolute Gasteiger partial charge is 0.401 e. The zero-order chi connectivity index (χ0) is 14.5. The Hall–Kier alpha value is -0.800. The minimum Gasteiger partial charge on any atom is -0.301 e. The van der Waals surface area contributed by atoms with Gasteiger partial charge < -0.3 is 4.90 Å². The number of nitrogens with zero attached hydrogens (tertiary/aromatic N) is 3. The molecule has 0 N–H and O–H groups in total. The Bertz CT molecular complexity index is 312. The summed E-state index contributed by atoms with van der Waals surface area (Å²) in [4.78, 5) is 3.63. The van der Waals surface area contributed by atoms with E-state index >= 15 is 0 Å². The summed E-state index contributed by atoms with van der Waals surface area (Å²) >= 11 is 0. The summed E-state index contributed by atoms with van der Waals surface area (Å²) in [6.07, 6.45) is -2.36. The average molecular weight is 277 g/mol. The Morgan fingerprint density at radius 3 is 2.05 bits per heavy atom. The molecule has 3 nitrogen and oxygen atoms in total. The van der Waals surface area contributed by atoms with Gasteiger partial charge >= 0.3 is 6.18 Å². The van der Waals surface area contributed by atoms with Gasteiger partial charge in [0.15, 0.2) is 0 Å². The lowest BCUT2D eigenvalue weighted by molar-refractivity contribution is -0.149. The lowest BCUT2D eigenvalue weighted by Crippen LogP contribution is -2.49. The summed E-state index contributed by atoms with van der Waals surface area (Å²) in [6, 6.07) is 2.26. The van der Waals surface area contributed by atoms with E-state index in [0.29, 0.717) is 26.2 Å². The molecule has 0 aromatic carbocycles. The molecule has 6 heteroatoms. The first kappa shape index (κ1) is 16.3. The second-order valence-corrected chi connectivity index (χ2v) is 5.83. The molecule has 0 amide bonds. The molecule has 1 fully saturated rings. The molecule has 19 heavy (non-hydrogen) atoms. The number of halogens is 3. The van der Waals surface area contributed by atoms with Gasteiger partial charge in [0.2, 0.25) is 0 Å². The first-order valence-corrected chi connectivity index (χ1v) is 6.65. The van der Waals surface area contributed by atoms with E-state index in [4.69, 9.17) is 5.26 Å². The molecular weight excluding hydrogens is 255 g/mol. The average Bonchev–Trinajstić information content (AvgIpc) is 2.29. The van der Waals surface area contributed by atoms with Crippen LogP contribution in [-0.4, -0.2) is 55.2 Å². The van der Waals surface area contributed by atoms with E-state index in [9.17, 15) is 13.2 Å². The smallest absolute Gasteiger partial charge is 0.301 e. The lowest BCUT2D eigenvalue weighted by atomic mass is 9.90. The fraction of sp³-hybridized carbons (Fsp3) is 0.923. The zero-order valence-electron chi connectivity index (χ0n) is 11.6. The van der Waals surface area contributed by atoms with Crippen LogP contribution in [0.2, 0.25) is 0 Å². The molecule has 1 saturated heterocycles. The maximum Gasteiger partial charge on any atom is 0.401 e. The Labute approximate surface area is 113 Å². The molecule has 0 aromatic heterocycles. The van der Waals surface area contributed by atoms with Gasteiger partial charge in [-0.1, -0.05) is 0 Å². The fourth-order valence-corrected chi connectivity index (χ4v) is 2.23. The molecule has 0 radical (unpaired) electrons. The number of rotatable bonds is 5. The molecule has 0 aliphatic carbocycles. The van der Waals surface area contributed by atoms with Crippen LogP contribution in [0, 0.1) is 16.7 Å². The third-order valence-electron chi connectivity index (χ3n) is 3.45. The van der Waals surface area contributed by atoms with Crippen LogP contribution in [-0.2, 0) is 0 Å². The highest BCUT2D eigenvalue weighted by Gasteiger charge is 2.32. The van der Waals surface area contributed by atoms with E-state index < -0.39 is 12.7 Å². The number of hydrogen-bond acceptors (Lipinski definition) is 3. The van der Waals surface area contributed by atoms with Gasteiger partial charge in [-0.2, -0.15) is 18.4 Å². The van der Waals surface area contributed by atoms with Crippen LogP contribution in [0.5, 0.6) is 0 Å². The second-order valence-electron chi connectivity index (χ2n) is 5.83. The molecule has 0 atom stereocenters. The minimum atomic E-state index is -4.10. The molecular formula is C13H22F3N3. The highest BCUT2D eigenvalue weighted by molar-refractivity contribution is 4.91. The third-order valence-corrected chi connectivity index (χ3v) is 3.45. The molecule has 0 saturated carbocycles. The van der Waals surface area contributed by atoms with E-state index in [2.05, 4.69) is 11.0 Å². The van der Waals surface area contributed by atoms with Crippen molar-refractivity contribution in [2.24, 2.45) is 5.41 Å². The molecule has 110 valence electrons. The molecule has 1 rings (SSSR count). The second kappa shape index (κ2) is 6.58. The standard InChI is InChI=1S/C13H22F3N3/c1-12(2,10-17)4-3-5-18-6-8-19(9-7-18)11-13(14,15)16/h3-9,11H2,1-2H3.